The molecule has 0 aliphatic heterocycles. The predicted molar refractivity (Wildman–Crippen MR) is 63.3 cm³/mol. The number of hydrogen-bond acceptors (Lipinski definition) is 4. The molecule has 0 aromatic carbocycles. The van der Waals surface area contributed by atoms with Gasteiger partial charge in [0.05, 0.1) is 5.75 Å². The minimum Gasteiger partial charge on any atom is -0.480 e. The molecule has 2 N–H and O–H groups in total. The summed E-state index contributed by atoms with van der Waals surface area (Å²) in [6, 6.07) is -0.693. The number of carbonyl (C=O) groups is 1. The van der Waals surface area contributed by atoms with Gasteiger partial charge in [-0.2, -0.15) is 0 Å². The van der Waals surface area contributed by atoms with Gasteiger partial charge in [0.15, 0.2) is 0 Å². The second kappa shape index (κ2) is 6.85. The van der Waals surface area contributed by atoms with E-state index in [0.717, 1.165) is 19.1 Å². The van der Waals surface area contributed by atoms with E-state index < -0.39 is 21.8 Å². The highest BCUT2D eigenvalue weighted by Gasteiger charge is 2.20. The van der Waals surface area contributed by atoms with Crippen molar-refractivity contribution in [2.45, 2.75) is 45.2 Å². The maximum atomic E-state index is 10.9. The highest BCUT2D eigenvalue weighted by atomic mass is 32.2. The molecule has 0 bridgehead atoms. The van der Waals surface area contributed by atoms with Gasteiger partial charge in [0.1, 0.15) is 15.9 Å². The van der Waals surface area contributed by atoms with Crippen molar-refractivity contribution in [1.82, 2.24) is 5.32 Å². The molecular weight excluding hydrogens is 230 g/mol. The molecule has 0 aromatic heterocycles. The van der Waals surface area contributed by atoms with Gasteiger partial charge in [-0.25, -0.2) is 8.42 Å². The molecule has 0 saturated heterocycles. The van der Waals surface area contributed by atoms with E-state index in [9.17, 15) is 13.2 Å². The van der Waals surface area contributed by atoms with Gasteiger partial charge in [-0.15, -0.1) is 0 Å². The maximum Gasteiger partial charge on any atom is 0.320 e. The topological polar surface area (TPSA) is 83.5 Å². The molecule has 0 amide bonds. The second-order valence-corrected chi connectivity index (χ2v) is 6.43. The van der Waals surface area contributed by atoms with Crippen LogP contribution in [0.4, 0.5) is 0 Å². The normalized spacial score (nSPS) is 15.7. The van der Waals surface area contributed by atoms with E-state index in [2.05, 4.69) is 5.32 Å². The van der Waals surface area contributed by atoms with Crippen molar-refractivity contribution in [3.8, 4) is 0 Å². The number of aliphatic carboxylic acids is 1. The fourth-order valence-corrected chi connectivity index (χ4v) is 2.13. The molecule has 0 saturated carbocycles. The molecule has 0 radical (unpaired) electrons. The Kier molecular flexibility index (Phi) is 6.59. The first-order valence-corrected chi connectivity index (χ1v) is 7.49. The smallest absolute Gasteiger partial charge is 0.320 e. The molecule has 0 heterocycles. The summed E-state index contributed by atoms with van der Waals surface area (Å²) in [6.07, 6.45) is 3.07. The summed E-state index contributed by atoms with van der Waals surface area (Å²) in [7, 11) is -3.10. The number of carboxylic acid groups (broad SMARTS) is 1. The number of nitrogens with one attached hydrogen (secondary N) is 1. The number of hydrogen-bond donors (Lipinski definition) is 2. The van der Waals surface area contributed by atoms with Crippen LogP contribution in [0.2, 0.25) is 0 Å². The lowest BCUT2D eigenvalue weighted by Crippen LogP contribution is -2.43. The van der Waals surface area contributed by atoms with Crippen molar-refractivity contribution >= 4 is 15.8 Å². The molecule has 0 aliphatic carbocycles. The standard InChI is InChI=1S/C10H21NO4S/c1-4-5-8(2)11-9(10(12)13)6-7-16(3,14)15/h8-9,11H,4-7H2,1-3H3,(H,12,13). The zero-order valence-electron chi connectivity index (χ0n) is 10.1. The van der Waals surface area contributed by atoms with Crippen molar-refractivity contribution in [3.63, 3.8) is 0 Å². The first-order valence-electron chi connectivity index (χ1n) is 5.42. The third-order valence-corrected chi connectivity index (χ3v) is 3.26. The van der Waals surface area contributed by atoms with Gasteiger partial charge in [0.2, 0.25) is 0 Å². The zero-order chi connectivity index (χ0) is 12.8. The van der Waals surface area contributed by atoms with Gasteiger partial charge in [-0.1, -0.05) is 13.3 Å². The predicted octanol–water partition coefficient (Wildman–Crippen LogP) is 0.653. The summed E-state index contributed by atoms with van der Waals surface area (Å²) in [5, 5.41) is 11.9. The number of carboxylic acids is 1. The van der Waals surface area contributed by atoms with Crippen LogP contribution in [0, 0.1) is 0 Å². The molecule has 0 fully saturated rings. The van der Waals surface area contributed by atoms with Crippen molar-refractivity contribution in [1.29, 1.82) is 0 Å². The summed E-state index contributed by atoms with van der Waals surface area (Å²) >= 11 is 0. The lowest BCUT2D eigenvalue weighted by Gasteiger charge is -2.19. The average Bonchev–Trinajstić information content (AvgIpc) is 2.10. The summed E-state index contributed by atoms with van der Waals surface area (Å²) in [5.41, 5.74) is 0. The quantitative estimate of drug-likeness (QED) is 0.662. The van der Waals surface area contributed by atoms with Crippen molar-refractivity contribution in [2.75, 3.05) is 12.0 Å². The van der Waals surface area contributed by atoms with E-state index in [-0.39, 0.29) is 18.2 Å². The van der Waals surface area contributed by atoms with Crippen LogP contribution in [0.15, 0.2) is 0 Å². The molecule has 0 spiro atoms. The third kappa shape index (κ3) is 7.64. The van der Waals surface area contributed by atoms with Gasteiger partial charge in [-0.3, -0.25) is 4.79 Å². The first-order chi connectivity index (χ1) is 7.26. The summed E-state index contributed by atoms with van der Waals surface area (Å²) in [6.45, 7) is 3.92. The van der Waals surface area contributed by atoms with E-state index in [1.165, 1.54) is 0 Å². The monoisotopic (exact) mass is 251 g/mol. The van der Waals surface area contributed by atoms with Gasteiger partial charge >= 0.3 is 5.97 Å². The van der Waals surface area contributed by atoms with E-state index in [0.29, 0.717) is 0 Å². The highest BCUT2D eigenvalue weighted by molar-refractivity contribution is 7.90. The van der Waals surface area contributed by atoms with Crippen LogP contribution in [0.5, 0.6) is 0 Å². The lowest BCUT2D eigenvalue weighted by molar-refractivity contribution is -0.139. The maximum absolute atomic E-state index is 10.9. The van der Waals surface area contributed by atoms with Crippen molar-refractivity contribution in [2.24, 2.45) is 0 Å². The molecule has 0 aromatic rings. The molecule has 16 heavy (non-hydrogen) atoms. The largest absolute Gasteiger partial charge is 0.480 e. The number of rotatable bonds is 8. The Morgan fingerprint density at radius 3 is 2.31 bits per heavy atom. The van der Waals surface area contributed by atoms with E-state index >= 15 is 0 Å². The molecule has 0 rings (SSSR count). The molecule has 2 atom stereocenters. The zero-order valence-corrected chi connectivity index (χ0v) is 10.9. The summed E-state index contributed by atoms with van der Waals surface area (Å²) in [5.74, 6) is -1.10. The minimum atomic E-state index is -3.10. The number of sulfone groups is 1. The minimum absolute atomic E-state index is 0.0886. The Labute approximate surface area is 97.2 Å². The van der Waals surface area contributed by atoms with Crippen LogP contribution in [0.3, 0.4) is 0 Å². The molecule has 5 nitrogen and oxygen atoms in total. The Hall–Kier alpha value is -0.620. The Bertz CT molecular complexity index is 313. The molecule has 2 unspecified atom stereocenters. The second-order valence-electron chi connectivity index (χ2n) is 4.17. The van der Waals surface area contributed by atoms with E-state index in [1.807, 2.05) is 13.8 Å². The van der Waals surface area contributed by atoms with E-state index in [1.54, 1.807) is 0 Å². The third-order valence-electron chi connectivity index (χ3n) is 2.28. The lowest BCUT2D eigenvalue weighted by atomic mass is 10.1. The van der Waals surface area contributed by atoms with Crippen LogP contribution >= 0.6 is 0 Å². The van der Waals surface area contributed by atoms with Crippen molar-refractivity contribution < 1.29 is 18.3 Å². The highest BCUT2D eigenvalue weighted by Crippen LogP contribution is 2.02. The molecule has 96 valence electrons. The fraction of sp³-hybridized carbons (Fsp3) is 0.900. The summed E-state index contributed by atoms with van der Waals surface area (Å²) in [4.78, 5) is 10.9. The molecule has 6 heteroatoms. The van der Waals surface area contributed by atoms with Crippen LogP contribution in [0.25, 0.3) is 0 Å². The Morgan fingerprint density at radius 1 is 1.38 bits per heavy atom. The first kappa shape index (κ1) is 15.4. The fourth-order valence-electron chi connectivity index (χ4n) is 1.47. The average molecular weight is 251 g/mol. The Morgan fingerprint density at radius 2 is 1.94 bits per heavy atom. The van der Waals surface area contributed by atoms with Crippen LogP contribution in [-0.2, 0) is 14.6 Å². The van der Waals surface area contributed by atoms with Crippen LogP contribution in [-0.4, -0.2) is 43.6 Å². The Balaban J connectivity index is 4.23. The van der Waals surface area contributed by atoms with Crippen molar-refractivity contribution in [3.05, 3.63) is 0 Å². The molecule has 0 aliphatic rings. The van der Waals surface area contributed by atoms with Gasteiger partial charge in [0, 0.05) is 12.3 Å². The van der Waals surface area contributed by atoms with Gasteiger partial charge < -0.3 is 10.4 Å². The van der Waals surface area contributed by atoms with Crippen LogP contribution in [0.1, 0.15) is 33.1 Å². The van der Waals surface area contributed by atoms with Crippen LogP contribution < -0.4 is 5.32 Å². The van der Waals surface area contributed by atoms with Gasteiger partial charge in [0.25, 0.3) is 0 Å². The summed E-state index contributed by atoms with van der Waals surface area (Å²) < 4.78 is 21.9. The van der Waals surface area contributed by atoms with Gasteiger partial charge in [-0.05, 0) is 19.8 Å². The SMILES string of the molecule is CCCC(C)NC(CCS(C)(=O)=O)C(=O)O. The van der Waals surface area contributed by atoms with E-state index in [4.69, 9.17) is 5.11 Å². The molecular formula is C10H21NO4S.